The van der Waals surface area contributed by atoms with Gasteiger partial charge in [-0.15, -0.1) is 0 Å². The molecule has 1 unspecified atom stereocenters. The number of anilines is 1. The van der Waals surface area contributed by atoms with Gasteiger partial charge in [-0.05, 0) is 38.1 Å². The summed E-state index contributed by atoms with van der Waals surface area (Å²) in [5.74, 6) is -0.186. The van der Waals surface area contributed by atoms with Crippen molar-refractivity contribution in [3.05, 3.63) is 23.8 Å². The van der Waals surface area contributed by atoms with Crippen LogP contribution in [0.25, 0.3) is 0 Å². The number of carbonyl (C=O) groups is 1. The molecule has 0 aliphatic rings. The number of rotatable bonds is 6. The van der Waals surface area contributed by atoms with Crippen LogP contribution in [0.15, 0.2) is 23.1 Å². The van der Waals surface area contributed by atoms with Crippen LogP contribution in [0, 0.1) is 12.8 Å². The Morgan fingerprint density at radius 3 is 2.55 bits per heavy atom. The van der Waals surface area contributed by atoms with Gasteiger partial charge in [-0.1, -0.05) is 26.3 Å². The van der Waals surface area contributed by atoms with Crippen LogP contribution >= 0.6 is 0 Å². The molecule has 5 nitrogen and oxygen atoms in total. The minimum absolute atomic E-state index is 0.0920. The Morgan fingerprint density at radius 2 is 2.00 bits per heavy atom. The van der Waals surface area contributed by atoms with Crippen molar-refractivity contribution in [1.29, 1.82) is 0 Å². The zero-order valence-electron chi connectivity index (χ0n) is 12.4. The molecule has 0 spiro atoms. The van der Waals surface area contributed by atoms with Crippen molar-refractivity contribution in [2.24, 2.45) is 5.92 Å². The van der Waals surface area contributed by atoms with Gasteiger partial charge in [-0.25, -0.2) is 13.1 Å². The molecule has 1 amide bonds. The van der Waals surface area contributed by atoms with E-state index in [0.29, 0.717) is 11.3 Å². The first-order valence-electron chi connectivity index (χ1n) is 6.67. The van der Waals surface area contributed by atoms with Gasteiger partial charge in [0.2, 0.25) is 15.9 Å². The predicted molar refractivity (Wildman–Crippen MR) is 80.1 cm³/mol. The average Bonchev–Trinajstić information content (AvgIpc) is 2.41. The molecule has 2 N–H and O–H groups in total. The van der Waals surface area contributed by atoms with E-state index in [9.17, 15) is 13.2 Å². The fourth-order valence-corrected chi connectivity index (χ4v) is 2.90. The lowest BCUT2D eigenvalue weighted by molar-refractivity contribution is -0.119. The second-order valence-electron chi connectivity index (χ2n) is 4.87. The molecule has 0 aliphatic heterocycles. The Labute approximate surface area is 120 Å². The predicted octanol–water partition coefficient (Wildman–Crippen LogP) is 2.28. The summed E-state index contributed by atoms with van der Waals surface area (Å²) in [6.45, 7) is 5.60. The molecular formula is C14H22N2O3S. The zero-order chi connectivity index (χ0) is 15.3. The maximum atomic E-state index is 11.9. The first-order chi connectivity index (χ1) is 9.31. The number of sulfonamides is 1. The quantitative estimate of drug-likeness (QED) is 0.846. The van der Waals surface area contributed by atoms with E-state index in [-0.39, 0.29) is 16.7 Å². The molecule has 20 heavy (non-hydrogen) atoms. The highest BCUT2D eigenvalue weighted by Gasteiger charge is 2.17. The molecule has 1 atom stereocenters. The molecule has 0 aromatic heterocycles. The van der Waals surface area contributed by atoms with Crippen molar-refractivity contribution >= 4 is 21.6 Å². The van der Waals surface area contributed by atoms with Crippen molar-refractivity contribution in [1.82, 2.24) is 4.72 Å². The Bertz CT molecular complexity index is 582. The normalized spacial score (nSPS) is 13.0. The van der Waals surface area contributed by atoms with Gasteiger partial charge >= 0.3 is 0 Å². The highest BCUT2D eigenvalue weighted by Crippen LogP contribution is 2.20. The molecule has 0 saturated heterocycles. The molecule has 0 radical (unpaired) electrons. The summed E-state index contributed by atoms with van der Waals surface area (Å²) < 4.78 is 26.0. The van der Waals surface area contributed by atoms with Gasteiger partial charge in [-0.3, -0.25) is 4.79 Å². The number of hydrogen-bond acceptors (Lipinski definition) is 3. The molecule has 112 valence electrons. The summed E-state index contributed by atoms with van der Waals surface area (Å²) in [6, 6.07) is 4.88. The Hall–Kier alpha value is -1.40. The lowest BCUT2D eigenvalue weighted by Gasteiger charge is -2.13. The van der Waals surface area contributed by atoms with Crippen molar-refractivity contribution < 1.29 is 13.2 Å². The van der Waals surface area contributed by atoms with E-state index in [4.69, 9.17) is 0 Å². The van der Waals surface area contributed by atoms with Crippen molar-refractivity contribution in [3.63, 3.8) is 0 Å². The second kappa shape index (κ2) is 6.85. The second-order valence-corrected chi connectivity index (χ2v) is 6.72. The van der Waals surface area contributed by atoms with Crippen LogP contribution in [0.1, 0.15) is 32.3 Å². The van der Waals surface area contributed by atoms with E-state index in [0.717, 1.165) is 12.8 Å². The molecular weight excluding hydrogens is 276 g/mol. The highest BCUT2D eigenvalue weighted by atomic mass is 32.2. The monoisotopic (exact) mass is 298 g/mol. The third kappa shape index (κ3) is 4.05. The number of amides is 1. The number of carbonyl (C=O) groups excluding carboxylic acids is 1. The van der Waals surface area contributed by atoms with Crippen molar-refractivity contribution in [3.8, 4) is 0 Å². The number of nitrogens with one attached hydrogen (secondary N) is 2. The van der Waals surface area contributed by atoms with Gasteiger partial charge in [0.15, 0.2) is 0 Å². The molecule has 0 heterocycles. The highest BCUT2D eigenvalue weighted by molar-refractivity contribution is 7.89. The lowest BCUT2D eigenvalue weighted by atomic mass is 10.1. The summed E-state index contributed by atoms with van der Waals surface area (Å²) in [5.41, 5.74) is 1.14. The van der Waals surface area contributed by atoms with Gasteiger partial charge < -0.3 is 5.32 Å². The molecule has 1 rings (SSSR count). The molecule has 0 aliphatic carbocycles. The van der Waals surface area contributed by atoms with E-state index in [1.165, 1.54) is 13.1 Å². The maximum absolute atomic E-state index is 11.9. The van der Waals surface area contributed by atoms with Crippen LogP contribution in [0.5, 0.6) is 0 Å². The van der Waals surface area contributed by atoms with Crippen LogP contribution in [0.2, 0.25) is 0 Å². The number of hydrogen-bond donors (Lipinski definition) is 2. The smallest absolute Gasteiger partial charge is 0.240 e. The minimum Gasteiger partial charge on any atom is -0.326 e. The third-order valence-electron chi connectivity index (χ3n) is 3.18. The van der Waals surface area contributed by atoms with Crippen LogP contribution in [-0.4, -0.2) is 21.4 Å². The van der Waals surface area contributed by atoms with Crippen LogP contribution in [-0.2, 0) is 14.8 Å². The summed E-state index contributed by atoms with van der Waals surface area (Å²) in [7, 11) is -2.15. The fourth-order valence-electron chi connectivity index (χ4n) is 1.91. The average molecular weight is 298 g/mol. The summed E-state index contributed by atoms with van der Waals surface area (Å²) in [4.78, 5) is 12.1. The van der Waals surface area contributed by atoms with Crippen molar-refractivity contribution in [2.45, 2.75) is 38.5 Å². The summed E-state index contributed by atoms with van der Waals surface area (Å²) >= 11 is 0. The number of benzene rings is 1. The molecule has 0 saturated carbocycles. The SMILES string of the molecule is CCCC(C)C(=O)Nc1ccc(C)c(S(=O)(=O)NC)c1. The van der Waals surface area contributed by atoms with E-state index in [2.05, 4.69) is 10.0 Å². The minimum atomic E-state index is -3.52. The zero-order valence-corrected chi connectivity index (χ0v) is 13.2. The Balaban J connectivity index is 3.00. The largest absolute Gasteiger partial charge is 0.326 e. The van der Waals surface area contributed by atoms with Gasteiger partial charge in [-0.2, -0.15) is 0 Å². The summed E-state index contributed by atoms with van der Waals surface area (Å²) in [6.07, 6.45) is 1.74. The molecule has 0 bridgehead atoms. The lowest BCUT2D eigenvalue weighted by Crippen LogP contribution is -2.22. The van der Waals surface area contributed by atoms with E-state index >= 15 is 0 Å². The Morgan fingerprint density at radius 1 is 1.35 bits per heavy atom. The van der Waals surface area contributed by atoms with Crippen LogP contribution in [0.3, 0.4) is 0 Å². The van der Waals surface area contributed by atoms with Gasteiger partial charge in [0.1, 0.15) is 0 Å². The third-order valence-corrected chi connectivity index (χ3v) is 4.74. The van der Waals surface area contributed by atoms with Crippen LogP contribution < -0.4 is 10.0 Å². The van der Waals surface area contributed by atoms with E-state index in [1.807, 2.05) is 13.8 Å². The molecule has 1 aromatic rings. The maximum Gasteiger partial charge on any atom is 0.240 e. The summed E-state index contributed by atoms with van der Waals surface area (Å²) in [5, 5.41) is 2.76. The first kappa shape index (κ1) is 16.7. The number of aryl methyl sites for hydroxylation is 1. The molecule has 0 fully saturated rings. The van der Waals surface area contributed by atoms with Gasteiger partial charge in [0.05, 0.1) is 4.90 Å². The topological polar surface area (TPSA) is 75.3 Å². The van der Waals surface area contributed by atoms with Crippen molar-refractivity contribution in [2.75, 3.05) is 12.4 Å². The molecule has 1 aromatic carbocycles. The van der Waals surface area contributed by atoms with E-state index in [1.54, 1.807) is 19.1 Å². The standard InChI is InChI=1S/C14H22N2O3S/c1-5-6-11(3)14(17)16-12-8-7-10(2)13(9-12)20(18,19)15-4/h7-9,11,15H,5-6H2,1-4H3,(H,16,17). The first-order valence-corrected chi connectivity index (χ1v) is 8.15. The Kier molecular flexibility index (Phi) is 5.71. The van der Waals surface area contributed by atoms with E-state index < -0.39 is 10.0 Å². The van der Waals surface area contributed by atoms with Gasteiger partial charge in [0, 0.05) is 11.6 Å². The molecule has 6 heteroatoms. The fraction of sp³-hybridized carbons (Fsp3) is 0.500. The van der Waals surface area contributed by atoms with Crippen LogP contribution in [0.4, 0.5) is 5.69 Å². The van der Waals surface area contributed by atoms with Gasteiger partial charge in [0.25, 0.3) is 0 Å².